The average Bonchev–Trinajstić information content (AvgIpc) is 3.32. The summed E-state index contributed by atoms with van der Waals surface area (Å²) >= 11 is 0. The van der Waals surface area contributed by atoms with E-state index in [-0.39, 0.29) is 24.0 Å². The van der Waals surface area contributed by atoms with Crippen LogP contribution < -0.4 is 10.2 Å². The van der Waals surface area contributed by atoms with Gasteiger partial charge in [-0.25, -0.2) is 9.97 Å². The van der Waals surface area contributed by atoms with Crippen molar-refractivity contribution >= 4 is 23.7 Å². The number of piperazine rings is 1. The molecule has 3 rings (SSSR count). The summed E-state index contributed by atoms with van der Waals surface area (Å²) in [6.07, 6.45) is 4.44. The Balaban J connectivity index is 1.34. The molecule has 30 heavy (non-hydrogen) atoms. The van der Waals surface area contributed by atoms with Crippen LogP contribution in [0.3, 0.4) is 0 Å². The van der Waals surface area contributed by atoms with Gasteiger partial charge in [-0.2, -0.15) is 0 Å². The summed E-state index contributed by atoms with van der Waals surface area (Å²) < 4.78 is 10.2. The molecule has 2 aromatic rings. The fourth-order valence-corrected chi connectivity index (χ4v) is 3.07. The standard InChI is InChI=1S/C20H25N5O5/c1-15(30-17(26)6-2-7-21-18(27)16-5-3-14-29-16)19(28)24-10-12-25(13-11-24)20-22-8-4-9-23-20/h3-5,8-9,14-15H,2,6-7,10-13H2,1H3,(H,21,27). The maximum atomic E-state index is 12.6. The molecule has 1 saturated heterocycles. The third-order valence-electron chi connectivity index (χ3n) is 4.67. The van der Waals surface area contributed by atoms with Crippen LogP contribution >= 0.6 is 0 Å². The maximum Gasteiger partial charge on any atom is 0.306 e. The quantitative estimate of drug-likeness (QED) is 0.498. The Morgan fingerprint density at radius 2 is 1.90 bits per heavy atom. The second kappa shape index (κ2) is 10.4. The summed E-state index contributed by atoms with van der Waals surface area (Å²) in [5, 5.41) is 2.66. The van der Waals surface area contributed by atoms with E-state index in [1.54, 1.807) is 42.4 Å². The topological polar surface area (TPSA) is 118 Å². The summed E-state index contributed by atoms with van der Waals surface area (Å²) in [4.78, 5) is 48.4. The van der Waals surface area contributed by atoms with Crippen LogP contribution in [0.2, 0.25) is 0 Å². The summed E-state index contributed by atoms with van der Waals surface area (Å²) in [5.74, 6) is -0.168. The fourth-order valence-electron chi connectivity index (χ4n) is 3.07. The van der Waals surface area contributed by atoms with Gasteiger partial charge in [0.2, 0.25) is 5.95 Å². The van der Waals surface area contributed by atoms with E-state index in [0.29, 0.717) is 45.1 Å². The lowest BCUT2D eigenvalue weighted by Crippen LogP contribution is -2.52. The second-order valence-electron chi connectivity index (χ2n) is 6.83. The number of ether oxygens (including phenoxy) is 1. The van der Waals surface area contributed by atoms with E-state index in [4.69, 9.17) is 9.15 Å². The number of amides is 2. The Kier molecular flexibility index (Phi) is 7.36. The summed E-state index contributed by atoms with van der Waals surface area (Å²) in [6.45, 7) is 4.14. The first-order valence-corrected chi connectivity index (χ1v) is 9.86. The molecule has 1 aliphatic rings. The van der Waals surface area contributed by atoms with Crippen molar-refractivity contribution in [2.75, 3.05) is 37.6 Å². The zero-order valence-electron chi connectivity index (χ0n) is 16.8. The average molecular weight is 415 g/mol. The van der Waals surface area contributed by atoms with Gasteiger partial charge in [0.25, 0.3) is 11.8 Å². The first kappa shape index (κ1) is 21.3. The third kappa shape index (κ3) is 5.79. The first-order valence-electron chi connectivity index (χ1n) is 9.86. The molecular weight excluding hydrogens is 390 g/mol. The molecule has 160 valence electrons. The molecule has 0 spiro atoms. The normalized spacial score (nSPS) is 14.8. The lowest BCUT2D eigenvalue weighted by Gasteiger charge is -2.35. The smallest absolute Gasteiger partial charge is 0.306 e. The van der Waals surface area contributed by atoms with Crippen LogP contribution in [-0.4, -0.2) is 71.5 Å². The van der Waals surface area contributed by atoms with Crippen LogP contribution in [0.1, 0.15) is 30.3 Å². The number of nitrogens with zero attached hydrogens (tertiary/aromatic N) is 4. The highest BCUT2D eigenvalue weighted by Crippen LogP contribution is 2.11. The fraction of sp³-hybridized carbons (Fsp3) is 0.450. The van der Waals surface area contributed by atoms with E-state index in [0.717, 1.165) is 0 Å². The minimum Gasteiger partial charge on any atom is -0.459 e. The molecule has 10 nitrogen and oxygen atoms in total. The molecular formula is C20H25N5O5. The van der Waals surface area contributed by atoms with E-state index in [1.165, 1.54) is 6.26 Å². The number of nitrogens with one attached hydrogen (secondary N) is 1. The van der Waals surface area contributed by atoms with Gasteiger partial charge in [0.15, 0.2) is 11.9 Å². The van der Waals surface area contributed by atoms with Crippen molar-refractivity contribution < 1.29 is 23.5 Å². The SMILES string of the molecule is CC(OC(=O)CCCNC(=O)c1ccco1)C(=O)N1CCN(c2ncccn2)CC1. The molecule has 10 heteroatoms. The van der Waals surface area contributed by atoms with E-state index in [9.17, 15) is 14.4 Å². The van der Waals surface area contributed by atoms with Crippen molar-refractivity contribution in [3.05, 3.63) is 42.6 Å². The lowest BCUT2D eigenvalue weighted by molar-refractivity contribution is -0.159. The molecule has 0 aromatic carbocycles. The van der Waals surface area contributed by atoms with Gasteiger partial charge in [-0.3, -0.25) is 14.4 Å². The highest BCUT2D eigenvalue weighted by Gasteiger charge is 2.27. The van der Waals surface area contributed by atoms with Crippen LogP contribution in [0.15, 0.2) is 41.3 Å². The Morgan fingerprint density at radius 1 is 1.17 bits per heavy atom. The van der Waals surface area contributed by atoms with Crippen molar-refractivity contribution in [2.45, 2.75) is 25.9 Å². The number of anilines is 1. The van der Waals surface area contributed by atoms with Crippen LogP contribution in [0.4, 0.5) is 5.95 Å². The van der Waals surface area contributed by atoms with Gasteiger partial charge in [-0.15, -0.1) is 0 Å². The van der Waals surface area contributed by atoms with Gasteiger partial charge >= 0.3 is 5.97 Å². The molecule has 1 unspecified atom stereocenters. The number of carbonyl (C=O) groups excluding carboxylic acids is 3. The summed E-state index contributed by atoms with van der Waals surface area (Å²) in [6, 6.07) is 4.94. The number of aromatic nitrogens is 2. The molecule has 0 bridgehead atoms. The van der Waals surface area contributed by atoms with Gasteiger partial charge in [-0.1, -0.05) is 0 Å². The Labute approximate surface area is 174 Å². The zero-order chi connectivity index (χ0) is 21.3. The number of rotatable bonds is 8. The van der Waals surface area contributed by atoms with Crippen LogP contribution in [0.25, 0.3) is 0 Å². The van der Waals surface area contributed by atoms with Gasteiger partial charge in [0.1, 0.15) is 0 Å². The number of carbonyl (C=O) groups is 3. The van der Waals surface area contributed by atoms with E-state index >= 15 is 0 Å². The van der Waals surface area contributed by atoms with Crippen LogP contribution in [0, 0.1) is 0 Å². The molecule has 1 fully saturated rings. The highest BCUT2D eigenvalue weighted by molar-refractivity contribution is 5.91. The van der Waals surface area contributed by atoms with Crippen LogP contribution in [-0.2, 0) is 14.3 Å². The summed E-state index contributed by atoms with van der Waals surface area (Å²) in [7, 11) is 0. The second-order valence-corrected chi connectivity index (χ2v) is 6.83. The van der Waals surface area contributed by atoms with Crippen LogP contribution in [0.5, 0.6) is 0 Å². The molecule has 0 saturated carbocycles. The predicted octanol–water partition coefficient (Wildman–Crippen LogP) is 0.860. The first-order chi connectivity index (χ1) is 14.5. The lowest BCUT2D eigenvalue weighted by atomic mass is 10.2. The summed E-state index contributed by atoms with van der Waals surface area (Å²) in [5.41, 5.74) is 0. The number of hydrogen-bond acceptors (Lipinski definition) is 8. The van der Waals surface area contributed by atoms with Gasteiger partial charge < -0.3 is 24.3 Å². The largest absolute Gasteiger partial charge is 0.459 e. The van der Waals surface area contributed by atoms with E-state index in [1.807, 2.05) is 4.90 Å². The number of furan rings is 1. The Hall–Kier alpha value is -3.43. The molecule has 3 heterocycles. The molecule has 2 amide bonds. The Bertz CT molecular complexity index is 835. The molecule has 1 atom stereocenters. The number of hydrogen-bond donors (Lipinski definition) is 1. The predicted molar refractivity (Wildman–Crippen MR) is 107 cm³/mol. The maximum absolute atomic E-state index is 12.6. The van der Waals surface area contributed by atoms with Gasteiger partial charge in [0, 0.05) is 51.5 Å². The third-order valence-corrected chi connectivity index (χ3v) is 4.67. The molecule has 0 aliphatic carbocycles. The van der Waals surface area contributed by atoms with Crippen molar-refractivity contribution in [1.82, 2.24) is 20.2 Å². The van der Waals surface area contributed by atoms with Crippen molar-refractivity contribution in [2.24, 2.45) is 0 Å². The molecule has 1 aliphatic heterocycles. The number of esters is 1. The van der Waals surface area contributed by atoms with Gasteiger partial charge in [0.05, 0.1) is 6.26 Å². The van der Waals surface area contributed by atoms with E-state index in [2.05, 4.69) is 15.3 Å². The minimum absolute atomic E-state index is 0.106. The van der Waals surface area contributed by atoms with Crippen molar-refractivity contribution in [1.29, 1.82) is 0 Å². The monoisotopic (exact) mass is 415 g/mol. The van der Waals surface area contributed by atoms with Crippen molar-refractivity contribution in [3.8, 4) is 0 Å². The zero-order valence-corrected chi connectivity index (χ0v) is 16.8. The van der Waals surface area contributed by atoms with Crippen molar-refractivity contribution in [3.63, 3.8) is 0 Å². The Morgan fingerprint density at radius 3 is 2.57 bits per heavy atom. The molecule has 1 N–H and O–H groups in total. The molecule has 0 radical (unpaired) electrons. The minimum atomic E-state index is -0.852. The molecule has 2 aromatic heterocycles. The highest BCUT2D eigenvalue weighted by atomic mass is 16.5. The van der Waals surface area contributed by atoms with Gasteiger partial charge in [-0.05, 0) is 31.5 Å². The van der Waals surface area contributed by atoms with E-state index < -0.39 is 12.1 Å².